The third-order valence-corrected chi connectivity index (χ3v) is 5.05. The molecular formula is C20H23N5O3. The first-order valence-electron chi connectivity index (χ1n) is 9.45. The molecule has 0 unspecified atom stereocenters. The zero-order chi connectivity index (χ0) is 19.5. The summed E-state index contributed by atoms with van der Waals surface area (Å²) in [5.41, 5.74) is 2.14. The van der Waals surface area contributed by atoms with Crippen LogP contribution >= 0.6 is 0 Å². The number of fused-ring (bicyclic) bond motifs is 1. The predicted octanol–water partition coefficient (Wildman–Crippen LogP) is 3.12. The van der Waals surface area contributed by atoms with Gasteiger partial charge in [0.25, 0.3) is 5.69 Å². The molecule has 8 nitrogen and oxygen atoms in total. The number of benzene rings is 2. The van der Waals surface area contributed by atoms with Gasteiger partial charge >= 0.3 is 0 Å². The Morgan fingerprint density at radius 3 is 2.68 bits per heavy atom. The smallest absolute Gasteiger partial charge is 0.270 e. The number of nitro benzene ring substituents is 1. The van der Waals surface area contributed by atoms with Crippen LogP contribution in [0.4, 0.5) is 11.4 Å². The Bertz CT molecular complexity index is 979. The van der Waals surface area contributed by atoms with E-state index < -0.39 is 0 Å². The molecule has 0 amide bonds. The summed E-state index contributed by atoms with van der Waals surface area (Å²) in [7, 11) is 0. The molecule has 8 heteroatoms. The summed E-state index contributed by atoms with van der Waals surface area (Å²) < 4.78 is 7.67. The van der Waals surface area contributed by atoms with Crippen LogP contribution < -0.4 is 9.64 Å². The minimum Gasteiger partial charge on any atom is -0.492 e. The molecule has 2 heterocycles. The molecule has 1 saturated heterocycles. The predicted molar refractivity (Wildman–Crippen MR) is 108 cm³/mol. The zero-order valence-electron chi connectivity index (χ0n) is 15.8. The lowest BCUT2D eigenvalue weighted by Crippen LogP contribution is -2.47. The monoisotopic (exact) mass is 381 g/mol. The second-order valence-corrected chi connectivity index (χ2v) is 6.79. The normalized spacial score (nSPS) is 15.1. The summed E-state index contributed by atoms with van der Waals surface area (Å²) in [4.78, 5) is 15.3. The Hall–Kier alpha value is -3.13. The van der Waals surface area contributed by atoms with Gasteiger partial charge in [-0.3, -0.25) is 19.7 Å². The highest BCUT2D eigenvalue weighted by Crippen LogP contribution is 2.29. The number of para-hydroxylation sites is 2. The molecule has 0 bridgehead atoms. The lowest BCUT2D eigenvalue weighted by molar-refractivity contribution is -0.384. The fourth-order valence-electron chi connectivity index (χ4n) is 3.62. The first kappa shape index (κ1) is 18.2. The number of nitro groups is 1. The Labute approximate surface area is 163 Å². The van der Waals surface area contributed by atoms with Crippen LogP contribution in [0, 0.1) is 10.1 Å². The Morgan fingerprint density at radius 1 is 1.14 bits per heavy atom. The Kier molecular flexibility index (Phi) is 5.12. The van der Waals surface area contributed by atoms with Crippen LogP contribution in [0.25, 0.3) is 10.9 Å². The second-order valence-electron chi connectivity index (χ2n) is 6.79. The molecule has 1 fully saturated rings. The van der Waals surface area contributed by atoms with Gasteiger partial charge in [-0.25, -0.2) is 0 Å². The van der Waals surface area contributed by atoms with Gasteiger partial charge in [-0.15, -0.1) is 0 Å². The number of hydrogen-bond acceptors (Lipinski definition) is 6. The molecule has 146 valence electrons. The van der Waals surface area contributed by atoms with E-state index in [2.05, 4.69) is 21.0 Å². The highest BCUT2D eigenvalue weighted by Gasteiger charge is 2.20. The van der Waals surface area contributed by atoms with E-state index in [0.717, 1.165) is 48.5 Å². The number of hydrogen-bond donors (Lipinski definition) is 0. The zero-order valence-corrected chi connectivity index (χ0v) is 15.8. The van der Waals surface area contributed by atoms with Crippen LogP contribution in [0.15, 0.2) is 48.7 Å². The van der Waals surface area contributed by atoms with Crippen molar-refractivity contribution >= 4 is 22.3 Å². The quantitative estimate of drug-likeness (QED) is 0.482. The van der Waals surface area contributed by atoms with Gasteiger partial charge in [0.15, 0.2) is 0 Å². The van der Waals surface area contributed by atoms with Gasteiger partial charge in [-0.1, -0.05) is 12.1 Å². The van der Waals surface area contributed by atoms with Crippen LogP contribution in [0.5, 0.6) is 5.75 Å². The molecule has 0 radical (unpaired) electrons. The van der Waals surface area contributed by atoms with E-state index in [0.29, 0.717) is 13.3 Å². The number of ether oxygens (including phenoxy) is 1. The van der Waals surface area contributed by atoms with E-state index >= 15 is 0 Å². The number of piperazine rings is 1. The molecule has 1 aromatic heterocycles. The molecule has 0 atom stereocenters. The summed E-state index contributed by atoms with van der Waals surface area (Å²) in [6.07, 6.45) is 1.69. The summed E-state index contributed by atoms with van der Waals surface area (Å²) in [6.45, 7) is 6.97. The van der Waals surface area contributed by atoms with Gasteiger partial charge in [0, 0.05) is 43.7 Å². The van der Waals surface area contributed by atoms with Crippen molar-refractivity contribution in [3.8, 4) is 5.75 Å². The molecule has 28 heavy (non-hydrogen) atoms. The standard InChI is InChI=1S/C20H23N5O3/c1-2-28-20-6-4-3-5-19(20)23-11-9-22(10-12-23)15-24-18-8-7-17(25(26)27)13-16(18)14-21-24/h3-8,13-14H,2,9-12,15H2,1H3. The molecule has 2 aromatic carbocycles. The van der Waals surface area contributed by atoms with Gasteiger partial charge in [0.05, 0.1) is 35.6 Å². The first-order valence-corrected chi connectivity index (χ1v) is 9.45. The van der Waals surface area contributed by atoms with Crippen LogP contribution in [-0.2, 0) is 6.67 Å². The summed E-state index contributed by atoms with van der Waals surface area (Å²) in [5, 5.41) is 16.2. The second kappa shape index (κ2) is 7.85. The number of non-ortho nitro benzene ring substituents is 1. The first-order chi connectivity index (χ1) is 13.7. The van der Waals surface area contributed by atoms with Crippen molar-refractivity contribution in [2.75, 3.05) is 37.7 Å². The van der Waals surface area contributed by atoms with Crippen molar-refractivity contribution in [1.82, 2.24) is 14.7 Å². The van der Waals surface area contributed by atoms with E-state index in [1.165, 1.54) is 6.07 Å². The van der Waals surface area contributed by atoms with E-state index in [4.69, 9.17) is 4.74 Å². The SMILES string of the molecule is CCOc1ccccc1N1CCN(Cn2ncc3cc([N+](=O)[O-])ccc32)CC1. The van der Waals surface area contributed by atoms with Crippen molar-refractivity contribution in [3.05, 3.63) is 58.8 Å². The van der Waals surface area contributed by atoms with E-state index in [-0.39, 0.29) is 10.6 Å². The molecule has 4 rings (SSSR count). The van der Waals surface area contributed by atoms with Crippen molar-refractivity contribution in [2.24, 2.45) is 0 Å². The van der Waals surface area contributed by atoms with E-state index in [1.54, 1.807) is 18.3 Å². The van der Waals surface area contributed by atoms with Crippen molar-refractivity contribution in [2.45, 2.75) is 13.6 Å². The maximum atomic E-state index is 10.9. The number of aromatic nitrogens is 2. The molecule has 1 aliphatic heterocycles. The molecule has 0 aliphatic carbocycles. The minimum atomic E-state index is -0.379. The average molecular weight is 381 g/mol. The van der Waals surface area contributed by atoms with Crippen LogP contribution in [0.3, 0.4) is 0 Å². The molecule has 1 aliphatic rings. The van der Waals surface area contributed by atoms with Crippen LogP contribution in [0.1, 0.15) is 6.92 Å². The van der Waals surface area contributed by atoms with Crippen molar-refractivity contribution in [3.63, 3.8) is 0 Å². The van der Waals surface area contributed by atoms with Crippen molar-refractivity contribution in [1.29, 1.82) is 0 Å². The number of anilines is 1. The Morgan fingerprint density at radius 2 is 1.93 bits per heavy atom. The fraction of sp³-hybridized carbons (Fsp3) is 0.350. The molecular weight excluding hydrogens is 358 g/mol. The lowest BCUT2D eigenvalue weighted by Gasteiger charge is -2.36. The third-order valence-electron chi connectivity index (χ3n) is 5.05. The highest BCUT2D eigenvalue weighted by atomic mass is 16.6. The van der Waals surface area contributed by atoms with E-state index in [9.17, 15) is 10.1 Å². The molecule has 0 N–H and O–H groups in total. The average Bonchev–Trinajstić information content (AvgIpc) is 3.11. The number of rotatable bonds is 6. The lowest BCUT2D eigenvalue weighted by atomic mass is 10.2. The topological polar surface area (TPSA) is 76.7 Å². The summed E-state index contributed by atoms with van der Waals surface area (Å²) in [5.74, 6) is 0.929. The summed E-state index contributed by atoms with van der Waals surface area (Å²) in [6, 6.07) is 13.0. The maximum Gasteiger partial charge on any atom is 0.270 e. The van der Waals surface area contributed by atoms with E-state index in [1.807, 2.05) is 29.8 Å². The summed E-state index contributed by atoms with van der Waals surface area (Å²) >= 11 is 0. The van der Waals surface area contributed by atoms with Gasteiger partial charge < -0.3 is 9.64 Å². The van der Waals surface area contributed by atoms with Crippen molar-refractivity contribution < 1.29 is 9.66 Å². The Balaban J connectivity index is 1.42. The van der Waals surface area contributed by atoms with Gasteiger partial charge in [-0.05, 0) is 25.1 Å². The maximum absolute atomic E-state index is 10.9. The highest BCUT2D eigenvalue weighted by molar-refractivity contribution is 5.81. The van der Waals surface area contributed by atoms with Crippen LogP contribution in [-0.4, -0.2) is 52.4 Å². The molecule has 0 spiro atoms. The largest absolute Gasteiger partial charge is 0.492 e. The van der Waals surface area contributed by atoms with Crippen LogP contribution in [0.2, 0.25) is 0 Å². The fourth-order valence-corrected chi connectivity index (χ4v) is 3.62. The third kappa shape index (κ3) is 3.63. The minimum absolute atomic E-state index is 0.0913. The van der Waals surface area contributed by atoms with Gasteiger partial charge in [0.2, 0.25) is 0 Å². The molecule has 0 saturated carbocycles. The number of nitrogens with zero attached hydrogens (tertiary/aromatic N) is 5. The van der Waals surface area contributed by atoms with Gasteiger partial charge in [-0.2, -0.15) is 5.10 Å². The van der Waals surface area contributed by atoms with Gasteiger partial charge in [0.1, 0.15) is 5.75 Å². The molecule has 3 aromatic rings.